The lowest BCUT2D eigenvalue weighted by Gasteiger charge is -2.26. The molecule has 0 aliphatic rings. The minimum absolute atomic E-state index is 0.879. The molecule has 64 heavy (non-hydrogen) atoms. The van der Waals surface area contributed by atoms with Crippen LogP contribution in [0.25, 0.3) is 99.1 Å². The second kappa shape index (κ2) is 15.8. The first-order valence-corrected chi connectivity index (χ1v) is 21.9. The van der Waals surface area contributed by atoms with Crippen LogP contribution in [0.5, 0.6) is 0 Å². The highest BCUT2D eigenvalue weighted by atomic mass is 16.3. The molecule has 0 spiro atoms. The second-order valence-electron chi connectivity index (χ2n) is 16.5. The zero-order valence-corrected chi connectivity index (χ0v) is 35.0. The molecular weight excluding hydrogens is 775 g/mol. The molecule has 0 bridgehead atoms. The van der Waals surface area contributed by atoms with Gasteiger partial charge in [0.15, 0.2) is 0 Å². The van der Waals surface area contributed by atoms with Crippen molar-refractivity contribution in [3.05, 3.63) is 249 Å². The molecule has 0 fully saturated rings. The van der Waals surface area contributed by atoms with Crippen LogP contribution in [0, 0.1) is 0 Å². The van der Waals surface area contributed by atoms with Crippen LogP contribution in [0.15, 0.2) is 253 Å². The summed E-state index contributed by atoms with van der Waals surface area (Å²) in [7, 11) is 0. The van der Waals surface area contributed by atoms with Crippen LogP contribution in [0.2, 0.25) is 0 Å². The van der Waals surface area contributed by atoms with E-state index < -0.39 is 0 Å². The van der Waals surface area contributed by atoms with Crippen molar-refractivity contribution in [1.29, 1.82) is 0 Å². The van der Waals surface area contributed by atoms with E-state index in [4.69, 9.17) is 4.42 Å². The van der Waals surface area contributed by atoms with Crippen LogP contribution in [0.1, 0.15) is 0 Å². The molecule has 0 N–H and O–H groups in total. The normalized spacial score (nSPS) is 11.4. The number of hydrogen-bond donors (Lipinski definition) is 0. The molecule has 11 aromatic carbocycles. The molecule has 0 amide bonds. The molecule has 0 radical (unpaired) electrons. The summed E-state index contributed by atoms with van der Waals surface area (Å²) in [5, 5.41) is 8.65. The Morgan fingerprint density at radius 3 is 1.47 bits per heavy atom. The van der Waals surface area contributed by atoms with Gasteiger partial charge in [0.05, 0.1) is 0 Å². The van der Waals surface area contributed by atoms with Crippen LogP contribution >= 0.6 is 0 Å². The number of para-hydroxylation sites is 1. The number of furan rings is 1. The minimum Gasteiger partial charge on any atom is -0.455 e. The van der Waals surface area contributed by atoms with Gasteiger partial charge in [-0.1, -0.05) is 188 Å². The van der Waals surface area contributed by atoms with Crippen LogP contribution < -0.4 is 4.90 Å². The van der Waals surface area contributed by atoms with Gasteiger partial charge in [0.25, 0.3) is 0 Å². The number of hydrogen-bond acceptors (Lipinski definition) is 2. The third-order valence-electron chi connectivity index (χ3n) is 12.7. The molecule has 0 saturated heterocycles. The Morgan fingerprint density at radius 2 is 0.766 bits per heavy atom. The van der Waals surface area contributed by atoms with Crippen LogP contribution in [-0.2, 0) is 0 Å². The Bertz CT molecular complexity index is 3640. The second-order valence-corrected chi connectivity index (χ2v) is 16.5. The summed E-state index contributed by atoms with van der Waals surface area (Å²) in [5.41, 5.74) is 14.5. The third kappa shape index (κ3) is 6.70. The Labute approximate surface area is 372 Å². The van der Waals surface area contributed by atoms with E-state index in [1.165, 1.54) is 54.6 Å². The Hall–Kier alpha value is -8.46. The zero-order valence-electron chi connectivity index (χ0n) is 35.0. The lowest BCUT2D eigenvalue weighted by molar-refractivity contribution is 0.632. The van der Waals surface area contributed by atoms with Gasteiger partial charge in [-0.15, -0.1) is 0 Å². The van der Waals surface area contributed by atoms with Gasteiger partial charge in [0, 0.05) is 33.6 Å². The molecule has 12 aromatic rings. The maximum Gasteiger partial charge on any atom is 0.143 e. The molecular formula is C62H41NO. The van der Waals surface area contributed by atoms with E-state index in [0.29, 0.717) is 0 Å². The lowest BCUT2D eigenvalue weighted by Crippen LogP contribution is -2.09. The van der Waals surface area contributed by atoms with E-state index >= 15 is 0 Å². The lowest BCUT2D eigenvalue weighted by atomic mass is 9.93. The summed E-state index contributed by atoms with van der Waals surface area (Å²) in [6.07, 6.45) is 0. The molecule has 2 heteroatoms. The number of anilines is 3. The summed E-state index contributed by atoms with van der Waals surface area (Å²) < 4.78 is 6.60. The summed E-state index contributed by atoms with van der Waals surface area (Å²) in [4.78, 5) is 2.35. The first-order chi connectivity index (χ1) is 31.7. The van der Waals surface area contributed by atoms with Gasteiger partial charge in [-0.3, -0.25) is 0 Å². The van der Waals surface area contributed by atoms with E-state index in [2.05, 4.69) is 248 Å². The zero-order chi connectivity index (χ0) is 42.4. The first-order valence-electron chi connectivity index (χ1n) is 21.9. The molecule has 300 valence electrons. The van der Waals surface area contributed by atoms with Gasteiger partial charge < -0.3 is 9.32 Å². The number of fused-ring (bicyclic) bond motifs is 5. The Balaban J connectivity index is 0.926. The van der Waals surface area contributed by atoms with Crippen molar-refractivity contribution in [2.45, 2.75) is 0 Å². The predicted molar refractivity (Wildman–Crippen MR) is 271 cm³/mol. The van der Waals surface area contributed by atoms with Crippen molar-refractivity contribution in [3.8, 4) is 55.8 Å². The third-order valence-corrected chi connectivity index (χ3v) is 12.7. The first kappa shape index (κ1) is 37.3. The summed E-state index contributed by atoms with van der Waals surface area (Å²) in [5.74, 6) is 0.879. The fraction of sp³-hybridized carbons (Fsp3) is 0. The van der Waals surface area contributed by atoms with Crippen molar-refractivity contribution in [1.82, 2.24) is 0 Å². The van der Waals surface area contributed by atoms with E-state index in [1.54, 1.807) is 0 Å². The van der Waals surface area contributed by atoms with Crippen LogP contribution in [-0.4, -0.2) is 0 Å². The molecule has 0 aliphatic carbocycles. The number of nitrogens with zero attached hydrogens (tertiary/aromatic N) is 1. The maximum atomic E-state index is 6.60. The quantitative estimate of drug-likeness (QED) is 0.142. The topological polar surface area (TPSA) is 16.4 Å². The highest BCUT2D eigenvalue weighted by Gasteiger charge is 2.19. The van der Waals surface area contributed by atoms with Crippen LogP contribution in [0.3, 0.4) is 0 Å². The van der Waals surface area contributed by atoms with E-state index in [-0.39, 0.29) is 0 Å². The van der Waals surface area contributed by atoms with Crippen molar-refractivity contribution < 1.29 is 4.42 Å². The molecule has 0 aliphatic heterocycles. The summed E-state index contributed by atoms with van der Waals surface area (Å²) in [6, 6.07) is 89.5. The molecule has 12 rings (SSSR count). The molecule has 0 saturated carbocycles. The van der Waals surface area contributed by atoms with Gasteiger partial charge in [-0.25, -0.2) is 0 Å². The van der Waals surface area contributed by atoms with Gasteiger partial charge in [-0.05, 0) is 132 Å². The van der Waals surface area contributed by atoms with Crippen molar-refractivity contribution in [3.63, 3.8) is 0 Å². The minimum atomic E-state index is 0.879. The van der Waals surface area contributed by atoms with Crippen molar-refractivity contribution >= 4 is 60.3 Å². The van der Waals surface area contributed by atoms with Crippen LogP contribution in [0.4, 0.5) is 17.1 Å². The Kier molecular flexibility index (Phi) is 9.20. The van der Waals surface area contributed by atoms with Gasteiger partial charge in [-0.2, -0.15) is 0 Å². The maximum absolute atomic E-state index is 6.60. The molecule has 0 unspecified atom stereocenters. The highest BCUT2D eigenvalue weighted by Crippen LogP contribution is 2.43. The number of benzene rings is 11. The Morgan fingerprint density at radius 1 is 0.266 bits per heavy atom. The van der Waals surface area contributed by atoms with Crippen molar-refractivity contribution in [2.75, 3.05) is 4.90 Å². The average Bonchev–Trinajstić information content (AvgIpc) is 3.77. The largest absolute Gasteiger partial charge is 0.455 e. The van der Waals surface area contributed by atoms with E-state index in [0.717, 1.165) is 61.6 Å². The fourth-order valence-electron chi connectivity index (χ4n) is 9.49. The molecule has 1 heterocycles. The monoisotopic (exact) mass is 815 g/mol. The smallest absolute Gasteiger partial charge is 0.143 e. The van der Waals surface area contributed by atoms with Gasteiger partial charge in [0.1, 0.15) is 11.3 Å². The van der Waals surface area contributed by atoms with Crippen molar-refractivity contribution in [2.24, 2.45) is 0 Å². The standard InChI is InChI=1S/C62H41NO/c1-2-14-46(15-3-1)61-58-23-10-11-24-60(58)64-62(61)51-19-12-18-48(40-51)43-27-33-52(34-28-43)63(53-35-29-44(30-36-53)49-26-25-42-13-4-5-16-47(42)39-49)54-37-31-45(32-38-54)59-41-50-17-6-7-20-55(50)56-21-8-9-22-57(56)59/h1-41H. The van der Waals surface area contributed by atoms with E-state index in [9.17, 15) is 0 Å². The summed E-state index contributed by atoms with van der Waals surface area (Å²) in [6.45, 7) is 0. The SMILES string of the molecule is c1ccc(-c2c(-c3cccc(-c4ccc(N(c5ccc(-c6ccc7ccccc7c6)cc5)c5ccc(-c6cc7ccccc7c7ccccc67)cc5)cc4)c3)oc3ccccc23)cc1. The van der Waals surface area contributed by atoms with E-state index in [1.807, 2.05) is 6.07 Å². The highest BCUT2D eigenvalue weighted by molar-refractivity contribution is 6.14. The average molecular weight is 816 g/mol. The molecule has 1 aromatic heterocycles. The fourth-order valence-corrected chi connectivity index (χ4v) is 9.49. The number of rotatable bonds is 8. The van der Waals surface area contributed by atoms with Gasteiger partial charge >= 0.3 is 0 Å². The molecule has 0 atom stereocenters. The summed E-state index contributed by atoms with van der Waals surface area (Å²) >= 11 is 0. The molecule has 2 nitrogen and oxygen atoms in total. The predicted octanol–water partition coefficient (Wildman–Crippen LogP) is 17.7. The van der Waals surface area contributed by atoms with Gasteiger partial charge in [0.2, 0.25) is 0 Å².